The third-order valence-corrected chi connectivity index (χ3v) is 1.78. The second kappa shape index (κ2) is 5.80. The Labute approximate surface area is 95.5 Å². The van der Waals surface area contributed by atoms with Gasteiger partial charge in [0.1, 0.15) is 0 Å². The fourth-order valence-corrected chi connectivity index (χ4v) is 1.06. The normalized spacial score (nSPS) is 9.82. The summed E-state index contributed by atoms with van der Waals surface area (Å²) in [6.45, 7) is 0.363. The molecular formula is C8H12F2N6O. The average molecular weight is 246 g/mol. The molecule has 17 heavy (non-hydrogen) atoms. The van der Waals surface area contributed by atoms with Crippen LogP contribution in [-0.4, -0.2) is 24.1 Å². The van der Waals surface area contributed by atoms with Gasteiger partial charge in [-0.15, -0.1) is 0 Å². The quantitative estimate of drug-likeness (QED) is 0.278. The third-order valence-electron chi connectivity index (χ3n) is 1.78. The number of primary amides is 1. The van der Waals surface area contributed by atoms with Gasteiger partial charge in [-0.05, 0) is 0 Å². The van der Waals surface area contributed by atoms with Gasteiger partial charge < -0.3 is 21.8 Å². The Balaban J connectivity index is 2.61. The van der Waals surface area contributed by atoms with Crippen molar-refractivity contribution in [3.8, 4) is 0 Å². The number of nitrogens with two attached hydrogens (primary N) is 2. The standard InChI is InChI=1S/C8H12F2N6O/c9-4-3-5(10)7(16-12)15-6(4)13-1-2-14-8(11)17/h3H,1-2,12H2,(H3,11,14,17)(H2,13,15,16). The summed E-state index contributed by atoms with van der Waals surface area (Å²) in [6.07, 6.45) is 0. The van der Waals surface area contributed by atoms with Crippen LogP contribution in [0.15, 0.2) is 6.07 Å². The predicted molar refractivity (Wildman–Crippen MR) is 58.0 cm³/mol. The van der Waals surface area contributed by atoms with Crippen molar-refractivity contribution in [2.45, 2.75) is 0 Å². The number of hydrogen-bond acceptors (Lipinski definition) is 5. The Morgan fingerprint density at radius 2 is 1.94 bits per heavy atom. The molecule has 0 spiro atoms. The zero-order chi connectivity index (χ0) is 12.8. The number of hydrogen-bond donors (Lipinski definition) is 5. The van der Waals surface area contributed by atoms with Crippen LogP contribution in [0, 0.1) is 11.6 Å². The molecule has 94 valence electrons. The van der Waals surface area contributed by atoms with Gasteiger partial charge in [-0.1, -0.05) is 0 Å². The van der Waals surface area contributed by atoms with Crippen molar-refractivity contribution >= 4 is 17.7 Å². The Bertz CT molecular complexity index is 413. The maximum Gasteiger partial charge on any atom is 0.312 e. The molecule has 1 rings (SSSR count). The molecule has 7 nitrogen and oxygen atoms in total. The topological polar surface area (TPSA) is 118 Å². The lowest BCUT2D eigenvalue weighted by Crippen LogP contribution is -2.33. The fourth-order valence-electron chi connectivity index (χ4n) is 1.06. The van der Waals surface area contributed by atoms with Crippen LogP contribution in [0.25, 0.3) is 0 Å². The van der Waals surface area contributed by atoms with E-state index < -0.39 is 17.7 Å². The third kappa shape index (κ3) is 3.72. The molecular weight excluding hydrogens is 234 g/mol. The minimum absolute atomic E-state index is 0.175. The summed E-state index contributed by atoms with van der Waals surface area (Å²) >= 11 is 0. The summed E-state index contributed by atoms with van der Waals surface area (Å²) in [7, 11) is 0. The van der Waals surface area contributed by atoms with Crippen molar-refractivity contribution in [3.63, 3.8) is 0 Å². The molecule has 0 atom stereocenters. The van der Waals surface area contributed by atoms with Gasteiger partial charge in [-0.3, -0.25) is 0 Å². The zero-order valence-corrected chi connectivity index (χ0v) is 8.76. The van der Waals surface area contributed by atoms with Gasteiger partial charge in [0.25, 0.3) is 0 Å². The molecule has 1 aromatic heterocycles. The minimum Gasteiger partial charge on any atom is -0.366 e. The molecule has 2 amide bonds. The monoisotopic (exact) mass is 246 g/mol. The predicted octanol–water partition coefficient (Wildman–Crippen LogP) is -0.274. The minimum atomic E-state index is -0.897. The van der Waals surface area contributed by atoms with Crippen LogP contribution >= 0.6 is 0 Å². The maximum absolute atomic E-state index is 13.2. The highest BCUT2D eigenvalue weighted by Gasteiger charge is 2.10. The molecule has 0 unspecified atom stereocenters. The van der Waals surface area contributed by atoms with Gasteiger partial charge in [0.05, 0.1) is 0 Å². The number of nitrogen functional groups attached to an aromatic ring is 1. The van der Waals surface area contributed by atoms with Gasteiger partial charge in [0, 0.05) is 19.2 Å². The number of anilines is 2. The number of nitrogens with one attached hydrogen (secondary N) is 3. The molecule has 0 aliphatic heterocycles. The summed E-state index contributed by atoms with van der Waals surface area (Å²) in [5.41, 5.74) is 6.81. The molecule has 1 aromatic rings. The number of carbonyl (C=O) groups excluding carboxylic acids is 1. The number of carbonyl (C=O) groups is 1. The first kappa shape index (κ1) is 12.9. The summed E-state index contributed by atoms with van der Waals surface area (Å²) in [6, 6.07) is -0.0462. The SMILES string of the molecule is NNc1nc(NCCNC(N)=O)c(F)cc1F. The van der Waals surface area contributed by atoms with Crippen LogP contribution in [0.3, 0.4) is 0 Å². The number of pyridine rings is 1. The highest BCUT2D eigenvalue weighted by Crippen LogP contribution is 2.17. The van der Waals surface area contributed by atoms with Crippen LogP contribution in [0.4, 0.5) is 25.2 Å². The Morgan fingerprint density at radius 3 is 2.53 bits per heavy atom. The number of amides is 2. The zero-order valence-electron chi connectivity index (χ0n) is 8.76. The van der Waals surface area contributed by atoms with Crippen molar-refractivity contribution in [1.29, 1.82) is 0 Å². The van der Waals surface area contributed by atoms with E-state index in [9.17, 15) is 13.6 Å². The first-order chi connectivity index (χ1) is 8.04. The van der Waals surface area contributed by atoms with Crippen LogP contribution in [0.1, 0.15) is 0 Å². The number of nitrogens with zero attached hydrogens (tertiary/aromatic N) is 1. The molecule has 1 heterocycles. The van der Waals surface area contributed by atoms with E-state index in [4.69, 9.17) is 11.6 Å². The largest absolute Gasteiger partial charge is 0.366 e. The van der Waals surface area contributed by atoms with E-state index in [0.717, 1.165) is 0 Å². The number of aromatic nitrogens is 1. The first-order valence-electron chi connectivity index (χ1n) is 4.64. The lowest BCUT2D eigenvalue weighted by Gasteiger charge is -2.09. The highest BCUT2D eigenvalue weighted by molar-refractivity contribution is 5.71. The maximum atomic E-state index is 13.2. The van der Waals surface area contributed by atoms with Gasteiger partial charge in [-0.25, -0.2) is 24.4 Å². The van der Waals surface area contributed by atoms with Crippen molar-refractivity contribution in [2.24, 2.45) is 11.6 Å². The van der Waals surface area contributed by atoms with Gasteiger partial charge >= 0.3 is 6.03 Å². The molecule has 9 heteroatoms. The Hall–Kier alpha value is -2.16. The van der Waals surface area contributed by atoms with Crippen LogP contribution < -0.4 is 27.6 Å². The lowest BCUT2D eigenvalue weighted by atomic mass is 10.4. The Morgan fingerprint density at radius 1 is 1.29 bits per heavy atom. The second-order valence-electron chi connectivity index (χ2n) is 3.01. The summed E-state index contributed by atoms with van der Waals surface area (Å²) in [4.78, 5) is 13.9. The molecule has 0 saturated carbocycles. The van der Waals surface area contributed by atoms with Crippen LogP contribution in [0.2, 0.25) is 0 Å². The molecule has 0 fully saturated rings. The Kier molecular flexibility index (Phi) is 4.40. The van der Waals surface area contributed by atoms with Crippen molar-refractivity contribution in [3.05, 3.63) is 17.7 Å². The van der Waals surface area contributed by atoms with E-state index in [0.29, 0.717) is 6.07 Å². The van der Waals surface area contributed by atoms with Crippen molar-refractivity contribution in [1.82, 2.24) is 10.3 Å². The van der Waals surface area contributed by atoms with E-state index >= 15 is 0 Å². The van der Waals surface area contributed by atoms with Crippen molar-refractivity contribution in [2.75, 3.05) is 23.8 Å². The molecule has 0 aliphatic carbocycles. The molecule has 0 saturated heterocycles. The molecule has 0 aliphatic rings. The smallest absolute Gasteiger partial charge is 0.312 e. The second-order valence-corrected chi connectivity index (χ2v) is 3.01. The summed E-state index contributed by atoms with van der Waals surface area (Å²) < 4.78 is 26.2. The molecule has 0 bridgehead atoms. The van der Waals surface area contributed by atoms with Gasteiger partial charge in [0.15, 0.2) is 23.3 Å². The van der Waals surface area contributed by atoms with E-state index in [1.807, 2.05) is 5.43 Å². The number of urea groups is 1. The average Bonchev–Trinajstić information content (AvgIpc) is 2.26. The summed E-state index contributed by atoms with van der Waals surface area (Å²) in [5.74, 6) is 2.77. The summed E-state index contributed by atoms with van der Waals surface area (Å²) in [5, 5.41) is 4.84. The molecule has 0 aromatic carbocycles. The number of halogens is 2. The van der Waals surface area contributed by atoms with Gasteiger partial charge in [0.2, 0.25) is 0 Å². The first-order valence-corrected chi connectivity index (χ1v) is 4.64. The van der Waals surface area contributed by atoms with E-state index in [2.05, 4.69) is 15.6 Å². The van der Waals surface area contributed by atoms with E-state index in [-0.39, 0.29) is 24.7 Å². The van der Waals surface area contributed by atoms with Crippen LogP contribution in [0.5, 0.6) is 0 Å². The molecule has 7 N–H and O–H groups in total. The van der Waals surface area contributed by atoms with Gasteiger partial charge in [-0.2, -0.15) is 0 Å². The molecule has 0 radical (unpaired) electrons. The number of hydrazine groups is 1. The van der Waals surface area contributed by atoms with Crippen LogP contribution in [-0.2, 0) is 0 Å². The van der Waals surface area contributed by atoms with Crippen molar-refractivity contribution < 1.29 is 13.6 Å². The highest BCUT2D eigenvalue weighted by atomic mass is 19.1. The fraction of sp³-hybridized carbons (Fsp3) is 0.250. The lowest BCUT2D eigenvalue weighted by molar-refractivity contribution is 0.249. The number of rotatable bonds is 5. The van der Waals surface area contributed by atoms with E-state index in [1.165, 1.54) is 0 Å². The van der Waals surface area contributed by atoms with E-state index in [1.54, 1.807) is 0 Å².